The highest BCUT2D eigenvalue weighted by molar-refractivity contribution is 5.89. The lowest BCUT2D eigenvalue weighted by Crippen LogP contribution is -2.49. The molecule has 2 aliphatic carbocycles. The van der Waals surface area contributed by atoms with Gasteiger partial charge in [0.1, 0.15) is 0 Å². The summed E-state index contributed by atoms with van der Waals surface area (Å²) >= 11 is 0. The van der Waals surface area contributed by atoms with Crippen molar-refractivity contribution >= 4 is 5.84 Å². The molecule has 0 aromatic heterocycles. The van der Waals surface area contributed by atoms with Crippen molar-refractivity contribution in [2.24, 2.45) is 26.8 Å². The number of rotatable bonds is 1. The summed E-state index contributed by atoms with van der Waals surface area (Å²) in [7, 11) is 0. The Balaban J connectivity index is 2.06. The van der Waals surface area contributed by atoms with Gasteiger partial charge in [-0.05, 0) is 24.7 Å². The van der Waals surface area contributed by atoms with Gasteiger partial charge in [0.2, 0.25) is 0 Å². The Bertz CT molecular complexity index is 316. The molecular weight excluding hydrogens is 164 g/mol. The third-order valence-electron chi connectivity index (χ3n) is 4.22. The maximum atomic E-state index is 7.68. The van der Waals surface area contributed by atoms with Crippen molar-refractivity contribution in [2.75, 3.05) is 0 Å². The Morgan fingerprint density at radius 2 is 2.08 bits per heavy atom. The van der Waals surface area contributed by atoms with Crippen molar-refractivity contribution in [2.45, 2.75) is 38.3 Å². The summed E-state index contributed by atoms with van der Waals surface area (Å²) in [6, 6.07) is 0.650. The van der Waals surface area contributed by atoms with Crippen molar-refractivity contribution in [3.8, 4) is 0 Å². The summed E-state index contributed by atoms with van der Waals surface area (Å²) in [5, 5.41) is 16.2. The molecule has 0 saturated heterocycles. The van der Waals surface area contributed by atoms with E-state index >= 15 is 0 Å². The minimum absolute atomic E-state index is 0.108. The zero-order valence-electron chi connectivity index (χ0n) is 7.75. The van der Waals surface area contributed by atoms with Crippen LogP contribution in [0.2, 0.25) is 0 Å². The molecule has 0 spiro atoms. The second kappa shape index (κ2) is 1.79. The summed E-state index contributed by atoms with van der Waals surface area (Å²) in [5.74, 6) is 0.333. The monoisotopic (exact) mass is 178 g/mol. The zero-order valence-corrected chi connectivity index (χ0v) is 7.75. The van der Waals surface area contributed by atoms with Crippen LogP contribution in [0.4, 0.5) is 0 Å². The van der Waals surface area contributed by atoms with E-state index in [2.05, 4.69) is 17.2 Å². The number of nitrogens with two attached hydrogens (primary N) is 1. The first-order valence-electron chi connectivity index (χ1n) is 4.83. The highest BCUT2D eigenvalue weighted by atomic mass is 15.2. The van der Waals surface area contributed by atoms with E-state index in [0.717, 1.165) is 19.3 Å². The van der Waals surface area contributed by atoms with E-state index in [9.17, 15) is 0 Å². The molecule has 3 N–H and O–H groups in total. The molecule has 2 unspecified atom stereocenters. The van der Waals surface area contributed by atoms with Crippen LogP contribution >= 0.6 is 0 Å². The Labute approximate surface area is 77.1 Å². The fourth-order valence-electron chi connectivity index (χ4n) is 3.25. The van der Waals surface area contributed by atoms with Crippen molar-refractivity contribution in [3.63, 3.8) is 0 Å². The van der Waals surface area contributed by atoms with Gasteiger partial charge >= 0.3 is 0 Å². The molecule has 4 rings (SSSR count). The van der Waals surface area contributed by atoms with Gasteiger partial charge in [-0.2, -0.15) is 10.2 Å². The van der Waals surface area contributed by atoms with Crippen LogP contribution in [0.3, 0.4) is 0 Å². The van der Waals surface area contributed by atoms with Crippen LogP contribution in [0.5, 0.6) is 0 Å². The van der Waals surface area contributed by atoms with Crippen LogP contribution in [0.25, 0.3) is 0 Å². The van der Waals surface area contributed by atoms with E-state index in [0.29, 0.717) is 11.9 Å². The number of nitrogens with one attached hydrogen (secondary N) is 1. The smallest absolute Gasteiger partial charge is 0.0997 e. The summed E-state index contributed by atoms with van der Waals surface area (Å²) in [6.07, 6.45) is 3.11. The van der Waals surface area contributed by atoms with Gasteiger partial charge in [-0.1, -0.05) is 6.92 Å². The zero-order chi connectivity index (χ0) is 9.27. The minimum atomic E-state index is -0.108. The van der Waals surface area contributed by atoms with Gasteiger partial charge in [0, 0.05) is 0 Å². The Hall–Kier alpha value is -0.930. The summed E-state index contributed by atoms with van der Waals surface area (Å²) in [4.78, 5) is 0. The normalized spacial score (nSPS) is 56.1. The van der Waals surface area contributed by atoms with Crippen molar-refractivity contribution in [3.05, 3.63) is 0 Å². The molecule has 2 fully saturated rings. The van der Waals surface area contributed by atoms with Gasteiger partial charge in [0.25, 0.3) is 0 Å². The van der Waals surface area contributed by atoms with Gasteiger partial charge in [-0.25, -0.2) is 0 Å². The fraction of sp³-hybridized carbons (Fsp3) is 0.889. The molecule has 0 aromatic rings. The number of nitrogens with zero attached hydrogens (tertiary/aromatic N) is 2. The number of azo groups is 1. The number of amidine groups is 1. The Kier molecular flexibility index (Phi) is 1.03. The summed E-state index contributed by atoms with van der Waals surface area (Å²) < 4.78 is 0. The quantitative estimate of drug-likeness (QED) is 0.461. The molecule has 4 nitrogen and oxygen atoms in total. The van der Waals surface area contributed by atoms with Crippen LogP contribution in [0, 0.1) is 16.2 Å². The molecular formula is C9H14N4. The maximum absolute atomic E-state index is 7.68. The predicted molar refractivity (Wildman–Crippen MR) is 48.7 cm³/mol. The maximum Gasteiger partial charge on any atom is 0.0997 e. The summed E-state index contributed by atoms with van der Waals surface area (Å²) in [5.41, 5.74) is 5.81. The number of hydrogen-bond donors (Lipinski definition) is 2. The lowest BCUT2D eigenvalue weighted by atomic mass is 9.57. The molecule has 0 aromatic carbocycles. The van der Waals surface area contributed by atoms with Gasteiger partial charge in [-0.3, -0.25) is 5.41 Å². The SMILES string of the molecule is CC12CC(C1)N=NC1CC12C(=N)N. The Morgan fingerprint density at radius 3 is 2.69 bits per heavy atom. The van der Waals surface area contributed by atoms with Crippen molar-refractivity contribution < 1.29 is 0 Å². The van der Waals surface area contributed by atoms with Crippen LogP contribution in [0.1, 0.15) is 26.2 Å². The van der Waals surface area contributed by atoms with Crippen LogP contribution in [-0.2, 0) is 0 Å². The molecule has 4 aliphatic rings. The van der Waals surface area contributed by atoms with E-state index in [1.807, 2.05) is 0 Å². The first-order valence-corrected chi connectivity index (χ1v) is 4.83. The molecule has 0 amide bonds. The number of hydrogen-bond acceptors (Lipinski definition) is 3. The van der Waals surface area contributed by atoms with Crippen molar-refractivity contribution in [1.29, 1.82) is 5.41 Å². The molecule has 70 valence electrons. The highest BCUT2D eigenvalue weighted by Gasteiger charge is 2.72. The second-order valence-corrected chi connectivity index (χ2v) is 4.96. The fourth-order valence-corrected chi connectivity index (χ4v) is 3.25. The first-order chi connectivity index (χ1) is 6.08. The molecule has 13 heavy (non-hydrogen) atoms. The Morgan fingerprint density at radius 1 is 1.38 bits per heavy atom. The van der Waals surface area contributed by atoms with Crippen LogP contribution in [-0.4, -0.2) is 17.9 Å². The molecule has 2 aliphatic heterocycles. The molecule has 0 radical (unpaired) electrons. The summed E-state index contributed by atoms with van der Waals surface area (Å²) in [6.45, 7) is 2.24. The lowest BCUT2D eigenvalue weighted by Gasteiger charge is -2.47. The van der Waals surface area contributed by atoms with Crippen LogP contribution in [0.15, 0.2) is 10.2 Å². The molecule has 2 heterocycles. The third-order valence-corrected chi connectivity index (χ3v) is 4.22. The van der Waals surface area contributed by atoms with E-state index < -0.39 is 0 Å². The van der Waals surface area contributed by atoms with E-state index in [-0.39, 0.29) is 16.9 Å². The van der Waals surface area contributed by atoms with E-state index in [4.69, 9.17) is 11.1 Å². The average Bonchev–Trinajstić information content (AvgIpc) is 2.69. The lowest BCUT2D eigenvalue weighted by molar-refractivity contribution is 0.0753. The molecule has 2 saturated carbocycles. The standard InChI is InChI=1S/C9H14N4/c1-8-2-5(3-8)12-13-6-4-9(6,8)7(10)11/h5-6H,2-4H2,1H3,(H3,10,11). The second-order valence-electron chi connectivity index (χ2n) is 4.96. The molecule has 2 bridgehead atoms. The minimum Gasteiger partial charge on any atom is -0.387 e. The van der Waals surface area contributed by atoms with Gasteiger partial charge in [0.05, 0.1) is 23.3 Å². The molecule has 2 atom stereocenters. The highest BCUT2D eigenvalue weighted by Crippen LogP contribution is 2.69. The van der Waals surface area contributed by atoms with E-state index in [1.54, 1.807) is 0 Å². The van der Waals surface area contributed by atoms with Crippen molar-refractivity contribution in [1.82, 2.24) is 0 Å². The predicted octanol–water partition coefficient (Wildman–Crippen LogP) is 1.32. The largest absolute Gasteiger partial charge is 0.387 e. The van der Waals surface area contributed by atoms with E-state index in [1.165, 1.54) is 0 Å². The topological polar surface area (TPSA) is 74.6 Å². The average molecular weight is 178 g/mol. The third kappa shape index (κ3) is 0.628. The first kappa shape index (κ1) is 7.47. The molecule has 4 heteroatoms. The van der Waals surface area contributed by atoms with Gasteiger partial charge in [0.15, 0.2) is 0 Å². The van der Waals surface area contributed by atoms with Gasteiger partial charge in [-0.15, -0.1) is 0 Å². The van der Waals surface area contributed by atoms with Gasteiger partial charge < -0.3 is 5.73 Å². The van der Waals surface area contributed by atoms with Crippen LogP contribution < -0.4 is 5.73 Å².